The van der Waals surface area contributed by atoms with Crippen LogP contribution in [-0.2, 0) is 6.61 Å². The number of hydrogen-bond donors (Lipinski definition) is 2. The molecular weight excluding hydrogens is 240 g/mol. The zero-order valence-corrected chi connectivity index (χ0v) is 10.3. The van der Waals surface area contributed by atoms with E-state index in [4.69, 9.17) is 10.6 Å². The van der Waals surface area contributed by atoms with Crippen molar-refractivity contribution in [2.75, 3.05) is 5.73 Å². The van der Waals surface area contributed by atoms with Gasteiger partial charge in [0.25, 0.3) is 0 Å². The molecule has 0 spiro atoms. The molecule has 0 aliphatic heterocycles. The quantitative estimate of drug-likeness (QED) is 0.558. The van der Waals surface area contributed by atoms with Crippen molar-refractivity contribution in [1.82, 2.24) is 4.73 Å². The standard InChI is InChI=1S/C15H14N2O2/c16-13-9-14-12(8-15(13)18)6-7-17(14)19-10-11-4-2-1-3-5-11/h1-9,18H,10,16H2. The summed E-state index contributed by atoms with van der Waals surface area (Å²) in [6.07, 6.45) is 1.81. The summed E-state index contributed by atoms with van der Waals surface area (Å²) in [4.78, 5) is 5.72. The summed E-state index contributed by atoms with van der Waals surface area (Å²) in [5.74, 6) is 0.0910. The third-order valence-corrected chi connectivity index (χ3v) is 3.02. The number of fused-ring (bicyclic) bond motifs is 1. The Morgan fingerprint density at radius 2 is 1.89 bits per heavy atom. The van der Waals surface area contributed by atoms with Gasteiger partial charge in [-0.05, 0) is 23.8 Å². The molecule has 4 heteroatoms. The summed E-state index contributed by atoms with van der Waals surface area (Å²) in [6, 6.07) is 15.1. The number of phenols is 1. The predicted molar refractivity (Wildman–Crippen MR) is 74.7 cm³/mol. The van der Waals surface area contributed by atoms with Crippen LogP contribution in [0.1, 0.15) is 5.56 Å². The Bertz CT molecular complexity index is 705. The molecule has 0 radical (unpaired) electrons. The molecule has 0 fully saturated rings. The molecule has 0 amide bonds. The van der Waals surface area contributed by atoms with Crippen molar-refractivity contribution in [2.45, 2.75) is 6.61 Å². The summed E-state index contributed by atoms with van der Waals surface area (Å²) >= 11 is 0. The molecule has 3 rings (SSSR count). The molecule has 96 valence electrons. The lowest BCUT2D eigenvalue weighted by molar-refractivity contribution is 0.107. The smallest absolute Gasteiger partial charge is 0.140 e. The fourth-order valence-electron chi connectivity index (χ4n) is 1.99. The highest BCUT2D eigenvalue weighted by molar-refractivity contribution is 5.85. The number of nitrogens with two attached hydrogens (primary N) is 1. The Labute approximate surface area is 110 Å². The molecule has 0 unspecified atom stereocenters. The van der Waals surface area contributed by atoms with Crippen molar-refractivity contribution in [3.8, 4) is 5.75 Å². The molecular formula is C15H14N2O2. The molecule has 0 saturated carbocycles. The van der Waals surface area contributed by atoms with Crippen molar-refractivity contribution in [3.05, 3.63) is 60.3 Å². The van der Waals surface area contributed by atoms with Gasteiger partial charge in [0, 0.05) is 11.6 Å². The van der Waals surface area contributed by atoms with E-state index in [0.29, 0.717) is 12.3 Å². The highest BCUT2D eigenvalue weighted by Crippen LogP contribution is 2.27. The lowest BCUT2D eigenvalue weighted by Crippen LogP contribution is -2.09. The van der Waals surface area contributed by atoms with Gasteiger partial charge in [-0.3, -0.25) is 0 Å². The molecule has 3 N–H and O–H groups in total. The maximum atomic E-state index is 9.56. The van der Waals surface area contributed by atoms with E-state index in [1.807, 2.05) is 42.6 Å². The van der Waals surface area contributed by atoms with Gasteiger partial charge in [0.2, 0.25) is 0 Å². The SMILES string of the molecule is Nc1cc2c(ccn2OCc2ccccc2)cc1O. The number of hydrogen-bond acceptors (Lipinski definition) is 3. The van der Waals surface area contributed by atoms with Crippen molar-refractivity contribution in [2.24, 2.45) is 0 Å². The van der Waals surface area contributed by atoms with E-state index in [2.05, 4.69) is 0 Å². The lowest BCUT2D eigenvalue weighted by atomic mass is 10.2. The Hall–Kier alpha value is -2.62. The first-order valence-electron chi connectivity index (χ1n) is 6.01. The Morgan fingerprint density at radius 3 is 2.68 bits per heavy atom. The van der Waals surface area contributed by atoms with Crippen LogP contribution in [0, 0.1) is 0 Å². The van der Waals surface area contributed by atoms with Gasteiger partial charge in [-0.2, -0.15) is 4.73 Å². The number of benzene rings is 2. The van der Waals surface area contributed by atoms with Gasteiger partial charge in [-0.15, -0.1) is 0 Å². The fraction of sp³-hybridized carbons (Fsp3) is 0.0667. The Morgan fingerprint density at radius 1 is 1.11 bits per heavy atom. The summed E-state index contributed by atoms with van der Waals surface area (Å²) in [5, 5.41) is 10.4. The van der Waals surface area contributed by atoms with Gasteiger partial charge in [-0.25, -0.2) is 0 Å². The number of anilines is 1. The molecule has 2 aromatic carbocycles. The average molecular weight is 254 g/mol. The second kappa shape index (κ2) is 4.57. The van der Waals surface area contributed by atoms with Gasteiger partial charge >= 0.3 is 0 Å². The molecule has 19 heavy (non-hydrogen) atoms. The highest BCUT2D eigenvalue weighted by atomic mass is 16.7. The van der Waals surface area contributed by atoms with Crippen LogP contribution in [0.2, 0.25) is 0 Å². The normalized spacial score (nSPS) is 10.7. The summed E-state index contributed by atoms with van der Waals surface area (Å²) in [5.41, 5.74) is 7.98. The zero-order valence-electron chi connectivity index (χ0n) is 10.3. The molecule has 1 aromatic heterocycles. The van der Waals surface area contributed by atoms with Gasteiger partial charge in [0.15, 0.2) is 0 Å². The zero-order chi connectivity index (χ0) is 13.2. The average Bonchev–Trinajstić information content (AvgIpc) is 2.80. The van der Waals surface area contributed by atoms with Crippen LogP contribution >= 0.6 is 0 Å². The molecule has 0 atom stereocenters. The van der Waals surface area contributed by atoms with Crippen LogP contribution in [0.15, 0.2) is 54.7 Å². The van der Waals surface area contributed by atoms with Crippen molar-refractivity contribution in [1.29, 1.82) is 0 Å². The molecule has 1 heterocycles. The first-order chi connectivity index (χ1) is 9.24. The molecule has 0 saturated heterocycles. The van der Waals surface area contributed by atoms with Crippen LogP contribution in [0.3, 0.4) is 0 Å². The topological polar surface area (TPSA) is 60.4 Å². The Balaban J connectivity index is 1.87. The largest absolute Gasteiger partial charge is 0.506 e. The molecule has 0 aliphatic carbocycles. The van der Waals surface area contributed by atoms with E-state index in [9.17, 15) is 5.11 Å². The summed E-state index contributed by atoms with van der Waals surface area (Å²) < 4.78 is 1.66. The lowest BCUT2D eigenvalue weighted by Gasteiger charge is -2.09. The second-order valence-electron chi connectivity index (χ2n) is 4.37. The molecule has 0 bridgehead atoms. The number of nitrogen functional groups attached to an aromatic ring is 1. The van der Waals surface area contributed by atoms with Crippen LogP contribution in [0.4, 0.5) is 5.69 Å². The van der Waals surface area contributed by atoms with E-state index in [1.165, 1.54) is 0 Å². The first-order valence-corrected chi connectivity index (χ1v) is 6.01. The third-order valence-electron chi connectivity index (χ3n) is 3.02. The van der Waals surface area contributed by atoms with Crippen molar-refractivity contribution in [3.63, 3.8) is 0 Å². The van der Waals surface area contributed by atoms with Crippen molar-refractivity contribution >= 4 is 16.6 Å². The maximum absolute atomic E-state index is 9.56. The van der Waals surface area contributed by atoms with E-state index in [-0.39, 0.29) is 5.75 Å². The highest BCUT2D eigenvalue weighted by Gasteiger charge is 2.06. The van der Waals surface area contributed by atoms with Gasteiger partial charge < -0.3 is 15.7 Å². The minimum absolute atomic E-state index is 0.0910. The summed E-state index contributed by atoms with van der Waals surface area (Å²) in [7, 11) is 0. The molecule has 3 aromatic rings. The number of aromatic hydroxyl groups is 1. The number of nitrogens with zero attached hydrogens (tertiary/aromatic N) is 1. The van der Waals surface area contributed by atoms with E-state index < -0.39 is 0 Å². The number of aromatic nitrogens is 1. The van der Waals surface area contributed by atoms with Crippen LogP contribution in [0.5, 0.6) is 5.75 Å². The Kier molecular flexibility index (Phi) is 2.76. The third kappa shape index (κ3) is 2.20. The van der Waals surface area contributed by atoms with Crippen molar-refractivity contribution < 1.29 is 9.94 Å². The summed E-state index contributed by atoms with van der Waals surface area (Å²) in [6.45, 7) is 0.478. The van der Waals surface area contributed by atoms with Crippen LogP contribution in [0.25, 0.3) is 10.9 Å². The first kappa shape index (κ1) is 11.5. The van der Waals surface area contributed by atoms with E-state index in [1.54, 1.807) is 16.9 Å². The minimum Gasteiger partial charge on any atom is -0.506 e. The molecule has 4 nitrogen and oxygen atoms in total. The predicted octanol–water partition coefficient (Wildman–Crippen LogP) is 2.56. The second-order valence-corrected chi connectivity index (χ2v) is 4.37. The number of rotatable bonds is 3. The van der Waals surface area contributed by atoms with Crippen LogP contribution < -0.4 is 10.6 Å². The molecule has 0 aliphatic rings. The van der Waals surface area contributed by atoms with E-state index >= 15 is 0 Å². The monoisotopic (exact) mass is 254 g/mol. The van der Waals surface area contributed by atoms with Gasteiger partial charge in [0.1, 0.15) is 12.4 Å². The van der Waals surface area contributed by atoms with Gasteiger partial charge in [0.05, 0.1) is 11.2 Å². The van der Waals surface area contributed by atoms with E-state index in [0.717, 1.165) is 16.5 Å². The maximum Gasteiger partial charge on any atom is 0.140 e. The van der Waals surface area contributed by atoms with Gasteiger partial charge in [-0.1, -0.05) is 30.3 Å². The fourth-order valence-corrected chi connectivity index (χ4v) is 1.99. The number of phenolic OH excluding ortho intramolecular Hbond substituents is 1. The minimum atomic E-state index is 0.0910. The van der Waals surface area contributed by atoms with Crippen LogP contribution in [-0.4, -0.2) is 9.84 Å².